The molecule has 1 aliphatic heterocycles. The standard InChI is InChI=1S/C17H25NO5/c1-5-12(18-10-6-7-13(18)17(19)20)11-8-9-14(21-2)16(23-4)15(11)22-3/h8-9,12-13H,5-7,10H2,1-4H3,(H,19,20). The minimum absolute atomic E-state index is 0.0339. The predicted molar refractivity (Wildman–Crippen MR) is 86.5 cm³/mol. The van der Waals surface area contributed by atoms with E-state index in [9.17, 15) is 9.90 Å². The average Bonchev–Trinajstić information content (AvgIpc) is 3.04. The van der Waals surface area contributed by atoms with E-state index in [4.69, 9.17) is 14.2 Å². The zero-order chi connectivity index (χ0) is 17.0. The molecule has 1 fully saturated rings. The SMILES string of the molecule is CCC(c1ccc(OC)c(OC)c1OC)N1CCCC1C(=O)O. The van der Waals surface area contributed by atoms with E-state index in [-0.39, 0.29) is 6.04 Å². The number of carboxylic acid groups (broad SMARTS) is 1. The van der Waals surface area contributed by atoms with Gasteiger partial charge in [0.15, 0.2) is 11.5 Å². The van der Waals surface area contributed by atoms with E-state index < -0.39 is 12.0 Å². The molecule has 6 heteroatoms. The number of carboxylic acids is 1. The van der Waals surface area contributed by atoms with Gasteiger partial charge in [-0.2, -0.15) is 0 Å². The fourth-order valence-electron chi connectivity index (χ4n) is 3.45. The highest BCUT2D eigenvalue weighted by atomic mass is 16.5. The van der Waals surface area contributed by atoms with Crippen molar-refractivity contribution in [2.75, 3.05) is 27.9 Å². The highest BCUT2D eigenvalue weighted by Crippen LogP contribution is 2.45. The van der Waals surface area contributed by atoms with Crippen molar-refractivity contribution < 1.29 is 24.1 Å². The van der Waals surface area contributed by atoms with Crippen LogP contribution < -0.4 is 14.2 Å². The van der Waals surface area contributed by atoms with Gasteiger partial charge in [-0.25, -0.2) is 0 Å². The lowest BCUT2D eigenvalue weighted by Gasteiger charge is -2.32. The van der Waals surface area contributed by atoms with Crippen LogP contribution in [-0.2, 0) is 4.79 Å². The zero-order valence-electron chi connectivity index (χ0n) is 14.2. The van der Waals surface area contributed by atoms with E-state index in [1.165, 1.54) is 0 Å². The van der Waals surface area contributed by atoms with Crippen LogP contribution in [0, 0.1) is 0 Å². The summed E-state index contributed by atoms with van der Waals surface area (Å²) in [6.45, 7) is 2.82. The topological polar surface area (TPSA) is 68.2 Å². The van der Waals surface area contributed by atoms with Crippen molar-refractivity contribution in [3.63, 3.8) is 0 Å². The summed E-state index contributed by atoms with van der Waals surface area (Å²) < 4.78 is 16.3. The lowest BCUT2D eigenvalue weighted by Crippen LogP contribution is -2.38. The van der Waals surface area contributed by atoms with Crippen molar-refractivity contribution >= 4 is 5.97 Å². The number of ether oxygens (including phenoxy) is 3. The maximum Gasteiger partial charge on any atom is 0.320 e. The van der Waals surface area contributed by atoms with E-state index in [0.29, 0.717) is 23.7 Å². The number of aliphatic carboxylic acids is 1. The summed E-state index contributed by atoms with van der Waals surface area (Å²) in [6.07, 6.45) is 2.36. The number of hydrogen-bond donors (Lipinski definition) is 1. The van der Waals surface area contributed by atoms with Crippen LogP contribution in [0.3, 0.4) is 0 Å². The Morgan fingerprint density at radius 3 is 2.48 bits per heavy atom. The van der Waals surface area contributed by atoms with Gasteiger partial charge in [-0.3, -0.25) is 9.69 Å². The fraction of sp³-hybridized carbons (Fsp3) is 0.588. The average molecular weight is 323 g/mol. The van der Waals surface area contributed by atoms with Gasteiger partial charge >= 0.3 is 5.97 Å². The Kier molecular flexibility index (Phi) is 5.71. The van der Waals surface area contributed by atoms with Gasteiger partial charge in [-0.15, -0.1) is 0 Å². The third kappa shape index (κ3) is 3.22. The number of benzene rings is 1. The van der Waals surface area contributed by atoms with Gasteiger partial charge in [0.2, 0.25) is 5.75 Å². The molecule has 0 radical (unpaired) electrons. The van der Waals surface area contributed by atoms with Crippen molar-refractivity contribution in [3.05, 3.63) is 17.7 Å². The predicted octanol–water partition coefficient (Wildman–Crippen LogP) is 2.71. The van der Waals surface area contributed by atoms with Crippen LogP contribution in [0.5, 0.6) is 17.2 Å². The van der Waals surface area contributed by atoms with Crippen molar-refractivity contribution in [2.45, 2.75) is 38.3 Å². The van der Waals surface area contributed by atoms with E-state index in [1.807, 2.05) is 17.0 Å². The molecule has 1 aromatic rings. The molecule has 6 nitrogen and oxygen atoms in total. The van der Waals surface area contributed by atoms with Gasteiger partial charge < -0.3 is 19.3 Å². The Bertz CT molecular complexity index is 560. The zero-order valence-corrected chi connectivity index (χ0v) is 14.2. The third-order valence-corrected chi connectivity index (χ3v) is 4.46. The lowest BCUT2D eigenvalue weighted by atomic mass is 9.99. The molecule has 23 heavy (non-hydrogen) atoms. The largest absolute Gasteiger partial charge is 0.493 e. The summed E-state index contributed by atoms with van der Waals surface area (Å²) in [5.41, 5.74) is 0.931. The molecule has 0 aromatic heterocycles. The number of carbonyl (C=O) groups is 1. The molecular weight excluding hydrogens is 298 g/mol. The Morgan fingerprint density at radius 2 is 1.96 bits per heavy atom. The first kappa shape index (κ1) is 17.4. The van der Waals surface area contributed by atoms with Crippen LogP contribution in [0.2, 0.25) is 0 Å². The van der Waals surface area contributed by atoms with Gasteiger partial charge in [0.1, 0.15) is 6.04 Å². The molecule has 1 saturated heterocycles. The number of methoxy groups -OCH3 is 3. The summed E-state index contributed by atoms with van der Waals surface area (Å²) in [5, 5.41) is 9.47. The van der Waals surface area contributed by atoms with Crippen molar-refractivity contribution in [1.29, 1.82) is 0 Å². The normalized spacial score (nSPS) is 19.4. The van der Waals surface area contributed by atoms with Crippen LogP contribution in [0.4, 0.5) is 0 Å². The molecule has 2 rings (SSSR count). The van der Waals surface area contributed by atoms with Crippen LogP contribution in [0.25, 0.3) is 0 Å². The molecule has 0 bridgehead atoms. The number of hydrogen-bond acceptors (Lipinski definition) is 5. The van der Waals surface area contributed by atoms with E-state index >= 15 is 0 Å². The molecule has 0 amide bonds. The third-order valence-electron chi connectivity index (χ3n) is 4.46. The summed E-state index contributed by atoms with van der Waals surface area (Å²) in [6, 6.07) is 3.29. The van der Waals surface area contributed by atoms with Crippen LogP contribution in [-0.4, -0.2) is 49.9 Å². The Labute approximate surface area is 136 Å². The number of nitrogens with zero attached hydrogens (tertiary/aromatic N) is 1. The van der Waals surface area contributed by atoms with Gasteiger partial charge in [-0.1, -0.05) is 6.92 Å². The first-order valence-corrected chi connectivity index (χ1v) is 7.86. The molecule has 1 aromatic carbocycles. The fourth-order valence-corrected chi connectivity index (χ4v) is 3.45. The quantitative estimate of drug-likeness (QED) is 0.832. The summed E-state index contributed by atoms with van der Waals surface area (Å²) >= 11 is 0. The smallest absolute Gasteiger partial charge is 0.320 e. The molecule has 128 valence electrons. The van der Waals surface area contributed by atoms with Gasteiger partial charge in [0.25, 0.3) is 0 Å². The van der Waals surface area contributed by atoms with E-state index in [2.05, 4.69) is 6.92 Å². The second-order valence-corrected chi connectivity index (χ2v) is 5.58. The molecule has 2 atom stereocenters. The first-order valence-electron chi connectivity index (χ1n) is 7.86. The Hall–Kier alpha value is -1.95. The molecule has 1 aliphatic rings. The second kappa shape index (κ2) is 7.55. The molecule has 0 spiro atoms. The van der Waals surface area contributed by atoms with Crippen LogP contribution >= 0.6 is 0 Å². The summed E-state index contributed by atoms with van der Waals surface area (Å²) in [4.78, 5) is 13.6. The molecule has 2 unspecified atom stereocenters. The second-order valence-electron chi connectivity index (χ2n) is 5.58. The van der Waals surface area contributed by atoms with E-state index in [1.54, 1.807) is 21.3 Å². The van der Waals surface area contributed by atoms with Gasteiger partial charge in [0.05, 0.1) is 21.3 Å². The Morgan fingerprint density at radius 1 is 1.26 bits per heavy atom. The maximum absolute atomic E-state index is 11.5. The van der Waals surface area contributed by atoms with Crippen molar-refractivity contribution in [3.8, 4) is 17.2 Å². The van der Waals surface area contributed by atoms with Crippen molar-refractivity contribution in [1.82, 2.24) is 4.90 Å². The highest BCUT2D eigenvalue weighted by Gasteiger charge is 2.37. The monoisotopic (exact) mass is 323 g/mol. The lowest BCUT2D eigenvalue weighted by molar-refractivity contribution is -0.143. The van der Waals surface area contributed by atoms with Crippen LogP contribution in [0.15, 0.2) is 12.1 Å². The van der Waals surface area contributed by atoms with Crippen LogP contribution in [0.1, 0.15) is 37.8 Å². The van der Waals surface area contributed by atoms with Gasteiger partial charge in [-0.05, 0) is 37.9 Å². The summed E-state index contributed by atoms with van der Waals surface area (Å²) in [7, 11) is 4.74. The molecule has 1 N–H and O–H groups in total. The molecule has 0 saturated carbocycles. The van der Waals surface area contributed by atoms with Gasteiger partial charge in [0, 0.05) is 11.6 Å². The van der Waals surface area contributed by atoms with Crippen molar-refractivity contribution in [2.24, 2.45) is 0 Å². The Balaban J connectivity index is 2.47. The first-order chi connectivity index (χ1) is 11.1. The minimum Gasteiger partial charge on any atom is -0.493 e. The molecule has 1 heterocycles. The molecular formula is C17H25NO5. The number of likely N-dealkylation sites (tertiary alicyclic amines) is 1. The minimum atomic E-state index is -0.764. The highest BCUT2D eigenvalue weighted by molar-refractivity contribution is 5.74. The maximum atomic E-state index is 11.5. The number of rotatable bonds is 7. The summed E-state index contributed by atoms with van der Waals surface area (Å²) in [5.74, 6) is 0.978. The van der Waals surface area contributed by atoms with E-state index in [0.717, 1.165) is 24.9 Å². The molecule has 0 aliphatic carbocycles.